The zero-order chi connectivity index (χ0) is 17.2. The number of anilines is 1. The van der Waals surface area contributed by atoms with Gasteiger partial charge in [0.15, 0.2) is 0 Å². The third-order valence-electron chi connectivity index (χ3n) is 6.06. The number of rotatable bonds is 5. The number of fused-ring (bicyclic) bond motifs is 2. The molecule has 1 fully saturated rings. The first-order valence-corrected chi connectivity index (χ1v) is 10.8. The number of nitrogens with one attached hydrogen (secondary N) is 2. The van der Waals surface area contributed by atoms with Gasteiger partial charge in [-0.1, -0.05) is 13.0 Å². The molecule has 0 saturated carbocycles. The summed E-state index contributed by atoms with van der Waals surface area (Å²) in [6, 6.07) is 2.96. The molecule has 4 nitrogen and oxygen atoms in total. The van der Waals surface area contributed by atoms with Crippen LogP contribution in [0.25, 0.3) is 0 Å². The van der Waals surface area contributed by atoms with E-state index in [2.05, 4.69) is 27.9 Å². The number of benzene rings is 1. The summed E-state index contributed by atoms with van der Waals surface area (Å²) in [6.07, 6.45) is 9.54. The van der Waals surface area contributed by atoms with E-state index in [-0.39, 0.29) is 6.03 Å². The Morgan fingerprint density at radius 2 is 1.88 bits per heavy atom. The fraction of sp³-hybridized carbons (Fsp3) is 0.650. The highest BCUT2D eigenvalue weighted by molar-refractivity contribution is 7.97. The predicted molar refractivity (Wildman–Crippen MR) is 105 cm³/mol. The van der Waals surface area contributed by atoms with Crippen molar-refractivity contribution in [2.75, 3.05) is 24.2 Å². The summed E-state index contributed by atoms with van der Waals surface area (Å²) in [5.41, 5.74) is 6.86. The molecule has 1 saturated heterocycles. The highest BCUT2D eigenvalue weighted by atomic mass is 32.2. The molecule has 5 heteroatoms. The minimum atomic E-state index is -0.0551. The smallest absolute Gasteiger partial charge is 0.307 e. The van der Waals surface area contributed by atoms with Crippen LogP contribution in [-0.4, -0.2) is 35.8 Å². The van der Waals surface area contributed by atoms with Crippen molar-refractivity contribution in [1.29, 1.82) is 0 Å². The lowest BCUT2D eigenvalue weighted by Crippen LogP contribution is -2.33. The Morgan fingerprint density at radius 3 is 2.56 bits per heavy atom. The van der Waals surface area contributed by atoms with Gasteiger partial charge in [0.2, 0.25) is 0 Å². The second-order valence-electron chi connectivity index (χ2n) is 7.53. The molecule has 0 bridgehead atoms. The van der Waals surface area contributed by atoms with Gasteiger partial charge in [-0.25, -0.2) is 4.79 Å². The van der Waals surface area contributed by atoms with Crippen molar-refractivity contribution in [3.8, 4) is 0 Å². The number of urea groups is 1. The van der Waals surface area contributed by atoms with E-state index in [4.69, 9.17) is 0 Å². The minimum absolute atomic E-state index is 0.0551. The van der Waals surface area contributed by atoms with Gasteiger partial charge in [-0.3, -0.25) is 9.62 Å². The lowest BCUT2D eigenvalue weighted by Gasteiger charge is -2.22. The maximum Gasteiger partial charge on any atom is 0.329 e. The summed E-state index contributed by atoms with van der Waals surface area (Å²) in [7, 11) is 0. The molecule has 1 unspecified atom stereocenters. The molecule has 2 N–H and O–H groups in total. The van der Waals surface area contributed by atoms with Gasteiger partial charge in [-0.15, -0.1) is 0 Å². The quantitative estimate of drug-likeness (QED) is 0.783. The third kappa shape index (κ3) is 3.54. The molecular formula is C20H29N3OS. The molecule has 136 valence electrons. The van der Waals surface area contributed by atoms with Crippen molar-refractivity contribution in [1.82, 2.24) is 9.62 Å². The molecule has 0 aromatic heterocycles. The van der Waals surface area contributed by atoms with Crippen LogP contribution < -0.4 is 10.0 Å². The predicted octanol–water partition coefficient (Wildman–Crippen LogP) is 3.92. The van der Waals surface area contributed by atoms with E-state index in [9.17, 15) is 4.79 Å². The largest absolute Gasteiger partial charge is 0.329 e. The van der Waals surface area contributed by atoms with E-state index in [1.807, 2.05) is 0 Å². The topological polar surface area (TPSA) is 44.4 Å². The molecule has 1 aromatic rings. The van der Waals surface area contributed by atoms with Crippen LogP contribution >= 0.6 is 11.9 Å². The van der Waals surface area contributed by atoms with Gasteiger partial charge in [-0.2, -0.15) is 0 Å². The van der Waals surface area contributed by atoms with E-state index in [1.165, 1.54) is 67.3 Å². The second-order valence-corrected chi connectivity index (χ2v) is 8.35. The van der Waals surface area contributed by atoms with E-state index >= 15 is 0 Å². The Hall–Kier alpha value is -1.20. The Bertz CT molecular complexity index is 629. The Kier molecular flexibility index (Phi) is 5.23. The van der Waals surface area contributed by atoms with Crippen molar-refractivity contribution in [3.05, 3.63) is 28.3 Å². The lowest BCUT2D eigenvalue weighted by molar-refractivity contribution is 0.257. The fourth-order valence-corrected chi connectivity index (χ4v) is 5.65. The van der Waals surface area contributed by atoms with Gasteiger partial charge < -0.3 is 5.32 Å². The zero-order valence-electron chi connectivity index (χ0n) is 15.2. The normalized spacial score (nSPS) is 22.0. The summed E-state index contributed by atoms with van der Waals surface area (Å²) < 4.78 is 3.03. The number of hydrogen-bond acceptors (Lipinski definition) is 3. The van der Waals surface area contributed by atoms with Gasteiger partial charge in [0.25, 0.3) is 0 Å². The van der Waals surface area contributed by atoms with Crippen LogP contribution in [0.5, 0.6) is 0 Å². The first-order chi connectivity index (χ1) is 12.3. The number of aryl methyl sites for hydroxylation is 2. The first-order valence-electron chi connectivity index (χ1n) is 9.85. The van der Waals surface area contributed by atoms with Crippen LogP contribution in [0, 0.1) is 0 Å². The first kappa shape index (κ1) is 17.2. The van der Waals surface area contributed by atoms with Crippen molar-refractivity contribution >= 4 is 23.7 Å². The molecule has 0 radical (unpaired) electrons. The van der Waals surface area contributed by atoms with E-state index in [0.717, 1.165) is 30.8 Å². The molecular weight excluding hydrogens is 330 g/mol. The van der Waals surface area contributed by atoms with Crippen LogP contribution in [0.2, 0.25) is 0 Å². The molecule has 1 aromatic carbocycles. The summed E-state index contributed by atoms with van der Waals surface area (Å²) in [5, 5.41) is 3.21. The van der Waals surface area contributed by atoms with Crippen molar-refractivity contribution < 1.29 is 4.79 Å². The highest BCUT2D eigenvalue weighted by Gasteiger charge is 2.26. The van der Waals surface area contributed by atoms with Gasteiger partial charge in [-0.05, 0) is 98.7 Å². The average Bonchev–Trinajstić information content (AvgIpc) is 3.34. The van der Waals surface area contributed by atoms with Crippen LogP contribution in [0.4, 0.5) is 10.5 Å². The van der Waals surface area contributed by atoms with Crippen LogP contribution in [0.1, 0.15) is 54.9 Å². The molecule has 4 rings (SSSR count). The maximum absolute atomic E-state index is 12.5. The van der Waals surface area contributed by atoms with Gasteiger partial charge in [0.1, 0.15) is 0 Å². The number of carbonyl (C=O) groups is 1. The number of likely N-dealkylation sites (tertiary alicyclic amines) is 1. The standard InChI is InChI=1S/C20H29N3OS/c1-2-23-11-5-8-16(23)13-25-22-20(24)21-19-17-9-3-6-14(17)12-15-7-4-10-18(15)19/h12,16H,2-11,13H2,1H3,(H2,21,22,24). The third-order valence-corrected chi connectivity index (χ3v) is 6.94. The number of carbonyl (C=O) groups excluding carboxylic acids is 1. The minimum Gasteiger partial charge on any atom is -0.307 e. The van der Waals surface area contributed by atoms with Crippen molar-refractivity contribution in [2.45, 2.75) is 64.3 Å². The number of nitrogens with zero attached hydrogens (tertiary/aromatic N) is 1. The zero-order valence-corrected chi connectivity index (χ0v) is 16.0. The Labute approximate surface area is 155 Å². The average molecular weight is 360 g/mol. The molecule has 2 aliphatic carbocycles. The number of hydrogen-bond donors (Lipinski definition) is 2. The molecule has 0 spiro atoms. The molecule has 1 heterocycles. The van der Waals surface area contributed by atoms with Gasteiger partial charge in [0, 0.05) is 17.5 Å². The van der Waals surface area contributed by atoms with Crippen molar-refractivity contribution in [2.24, 2.45) is 0 Å². The molecule has 1 aliphatic heterocycles. The Balaban J connectivity index is 1.37. The van der Waals surface area contributed by atoms with Crippen molar-refractivity contribution in [3.63, 3.8) is 0 Å². The SMILES string of the molecule is CCN1CCCC1CSNC(=O)Nc1c2c(cc3c1CCC3)CCC2. The maximum atomic E-state index is 12.5. The van der Waals surface area contributed by atoms with E-state index in [0.29, 0.717) is 6.04 Å². The highest BCUT2D eigenvalue weighted by Crippen LogP contribution is 2.38. The summed E-state index contributed by atoms with van der Waals surface area (Å²) >= 11 is 1.56. The summed E-state index contributed by atoms with van der Waals surface area (Å²) in [4.78, 5) is 15.0. The molecule has 25 heavy (non-hydrogen) atoms. The summed E-state index contributed by atoms with van der Waals surface area (Å²) in [6.45, 7) is 4.54. The molecule has 1 atom stereocenters. The second kappa shape index (κ2) is 7.58. The van der Waals surface area contributed by atoms with Gasteiger partial charge in [0.05, 0.1) is 0 Å². The van der Waals surface area contributed by atoms with E-state index < -0.39 is 0 Å². The molecule has 2 amide bonds. The lowest BCUT2D eigenvalue weighted by atomic mass is 9.99. The number of amides is 2. The monoisotopic (exact) mass is 359 g/mol. The summed E-state index contributed by atoms with van der Waals surface area (Å²) in [5.74, 6) is 0.978. The van der Waals surface area contributed by atoms with Crippen LogP contribution in [-0.2, 0) is 25.7 Å². The van der Waals surface area contributed by atoms with Crippen LogP contribution in [0.3, 0.4) is 0 Å². The van der Waals surface area contributed by atoms with E-state index in [1.54, 1.807) is 11.9 Å². The van der Waals surface area contributed by atoms with Gasteiger partial charge >= 0.3 is 6.03 Å². The fourth-order valence-electron chi connectivity index (χ4n) is 4.81. The molecule has 3 aliphatic rings. The Morgan fingerprint density at radius 1 is 1.16 bits per heavy atom. The van der Waals surface area contributed by atoms with Crippen LogP contribution in [0.15, 0.2) is 6.07 Å².